The Kier molecular flexibility index (Phi) is 10.3. The number of rotatable bonds is 13. The summed E-state index contributed by atoms with van der Waals surface area (Å²) in [6.07, 6.45) is 12.1. The van der Waals surface area contributed by atoms with E-state index < -0.39 is 0 Å². The van der Waals surface area contributed by atoms with Gasteiger partial charge < -0.3 is 9.47 Å². The van der Waals surface area contributed by atoms with Crippen molar-refractivity contribution in [1.29, 1.82) is 0 Å². The highest BCUT2D eigenvalue weighted by atomic mass is 16.5. The molecule has 2 nitrogen and oxygen atoms in total. The van der Waals surface area contributed by atoms with Crippen molar-refractivity contribution in [2.75, 3.05) is 13.2 Å². The third-order valence-corrected chi connectivity index (χ3v) is 3.58. The minimum Gasteiger partial charge on any atom is -0.498 e. The van der Waals surface area contributed by atoms with Crippen LogP contribution < -0.4 is 4.74 Å². The van der Waals surface area contributed by atoms with E-state index in [0.717, 1.165) is 5.75 Å². The van der Waals surface area contributed by atoms with Crippen LogP contribution in [-0.4, -0.2) is 13.2 Å². The molecule has 1 aromatic rings. The van der Waals surface area contributed by atoms with Gasteiger partial charge in [-0.3, -0.25) is 0 Å². The van der Waals surface area contributed by atoms with Gasteiger partial charge in [0, 0.05) is 0 Å². The Bertz CT molecular complexity index is 356. The fraction of sp³-hybridized carbons (Fsp3) is 0.579. The van der Waals surface area contributed by atoms with Gasteiger partial charge in [-0.15, -0.1) is 0 Å². The summed E-state index contributed by atoms with van der Waals surface area (Å²) in [5, 5.41) is 0. The van der Waals surface area contributed by atoms with Crippen molar-refractivity contribution in [2.24, 2.45) is 0 Å². The lowest BCUT2D eigenvalue weighted by atomic mass is 10.0. The Balaban J connectivity index is 2.09. The van der Waals surface area contributed by atoms with Gasteiger partial charge in [-0.1, -0.05) is 64.2 Å². The normalized spacial score (nSPS) is 10.3. The van der Waals surface area contributed by atoms with Gasteiger partial charge in [-0.2, -0.15) is 0 Å². The van der Waals surface area contributed by atoms with Crippen molar-refractivity contribution in [3.63, 3.8) is 0 Å². The molecule has 21 heavy (non-hydrogen) atoms. The predicted molar refractivity (Wildman–Crippen MR) is 89.8 cm³/mol. The molecule has 0 aliphatic carbocycles. The lowest BCUT2D eigenvalue weighted by Gasteiger charge is -2.07. The van der Waals surface area contributed by atoms with E-state index in [0.29, 0.717) is 13.2 Å². The van der Waals surface area contributed by atoms with Crippen molar-refractivity contribution < 1.29 is 9.47 Å². The summed E-state index contributed by atoms with van der Waals surface area (Å²) in [7, 11) is 0. The van der Waals surface area contributed by atoms with Crippen LogP contribution in [0.15, 0.2) is 37.1 Å². The minimum absolute atomic E-state index is 0.545. The predicted octanol–water partition coefficient (Wildman–Crippen LogP) is 5.52. The first kappa shape index (κ1) is 17.6. The maximum absolute atomic E-state index is 5.57. The molecular formula is C19H30O2. The van der Waals surface area contributed by atoms with Crippen molar-refractivity contribution >= 4 is 0 Å². The van der Waals surface area contributed by atoms with E-state index in [1.807, 2.05) is 12.1 Å². The SMILES string of the molecule is C=COCCOc1ccc(CCCCCCCCC)cc1. The summed E-state index contributed by atoms with van der Waals surface area (Å²) < 4.78 is 10.6. The molecule has 0 unspecified atom stereocenters. The Morgan fingerprint density at radius 3 is 2.24 bits per heavy atom. The Morgan fingerprint density at radius 1 is 0.905 bits per heavy atom. The maximum Gasteiger partial charge on any atom is 0.122 e. The maximum atomic E-state index is 5.57. The first-order valence-electron chi connectivity index (χ1n) is 8.31. The molecule has 0 radical (unpaired) electrons. The first-order valence-corrected chi connectivity index (χ1v) is 8.31. The Morgan fingerprint density at radius 2 is 1.57 bits per heavy atom. The molecule has 2 heteroatoms. The molecule has 0 atom stereocenters. The topological polar surface area (TPSA) is 18.5 Å². The molecule has 0 fully saturated rings. The largest absolute Gasteiger partial charge is 0.498 e. The molecule has 0 amide bonds. The van der Waals surface area contributed by atoms with E-state index in [1.54, 1.807) is 0 Å². The quantitative estimate of drug-likeness (QED) is 0.352. The summed E-state index contributed by atoms with van der Waals surface area (Å²) in [6, 6.07) is 8.43. The summed E-state index contributed by atoms with van der Waals surface area (Å²) in [5.74, 6) is 0.908. The molecular weight excluding hydrogens is 260 g/mol. The lowest BCUT2D eigenvalue weighted by Crippen LogP contribution is -2.03. The average molecular weight is 290 g/mol. The summed E-state index contributed by atoms with van der Waals surface area (Å²) in [6.45, 7) is 6.86. The number of hydrogen-bond acceptors (Lipinski definition) is 2. The minimum atomic E-state index is 0.545. The van der Waals surface area contributed by atoms with E-state index in [4.69, 9.17) is 9.47 Å². The second kappa shape index (κ2) is 12.3. The molecule has 0 aliphatic heterocycles. The molecule has 0 aliphatic rings. The Labute approximate surface area is 130 Å². The van der Waals surface area contributed by atoms with Crippen LogP contribution in [0.4, 0.5) is 0 Å². The second-order valence-corrected chi connectivity index (χ2v) is 5.40. The van der Waals surface area contributed by atoms with E-state index in [1.165, 1.54) is 63.2 Å². The van der Waals surface area contributed by atoms with Crippen LogP contribution in [0.25, 0.3) is 0 Å². The molecule has 1 aromatic carbocycles. The third-order valence-electron chi connectivity index (χ3n) is 3.58. The summed E-state index contributed by atoms with van der Waals surface area (Å²) >= 11 is 0. The molecule has 1 rings (SSSR count). The van der Waals surface area contributed by atoms with Crippen LogP contribution in [0.1, 0.15) is 57.4 Å². The molecule has 0 heterocycles. The fourth-order valence-corrected chi connectivity index (χ4v) is 2.33. The zero-order chi connectivity index (χ0) is 15.2. The summed E-state index contributed by atoms with van der Waals surface area (Å²) in [5.41, 5.74) is 1.40. The van der Waals surface area contributed by atoms with Crippen molar-refractivity contribution in [1.82, 2.24) is 0 Å². The van der Waals surface area contributed by atoms with Crippen LogP contribution in [-0.2, 0) is 11.2 Å². The van der Waals surface area contributed by atoms with Crippen LogP contribution >= 0.6 is 0 Å². The van der Waals surface area contributed by atoms with Crippen molar-refractivity contribution in [3.8, 4) is 5.75 Å². The average Bonchev–Trinajstić information content (AvgIpc) is 2.52. The monoisotopic (exact) mass is 290 g/mol. The molecule has 0 N–H and O–H groups in total. The van der Waals surface area contributed by atoms with Crippen LogP contribution in [0.5, 0.6) is 5.75 Å². The van der Waals surface area contributed by atoms with Crippen molar-refractivity contribution in [3.05, 3.63) is 42.7 Å². The second-order valence-electron chi connectivity index (χ2n) is 5.40. The van der Waals surface area contributed by atoms with Gasteiger partial charge in [-0.25, -0.2) is 0 Å². The van der Waals surface area contributed by atoms with Crippen LogP contribution in [0.3, 0.4) is 0 Å². The smallest absolute Gasteiger partial charge is 0.122 e. The molecule has 0 bridgehead atoms. The molecule has 0 saturated heterocycles. The third kappa shape index (κ3) is 9.17. The first-order chi connectivity index (χ1) is 10.4. The lowest BCUT2D eigenvalue weighted by molar-refractivity contribution is 0.179. The molecule has 0 spiro atoms. The molecule has 0 saturated carbocycles. The van der Waals surface area contributed by atoms with Gasteiger partial charge in [0.1, 0.15) is 19.0 Å². The fourth-order valence-electron chi connectivity index (χ4n) is 2.33. The standard InChI is InChI=1S/C19H30O2/c1-3-5-6-7-8-9-10-11-18-12-14-19(15-13-18)21-17-16-20-4-2/h4,12-15H,2-3,5-11,16-17H2,1H3. The van der Waals surface area contributed by atoms with Gasteiger partial charge in [0.2, 0.25) is 0 Å². The zero-order valence-electron chi connectivity index (χ0n) is 13.5. The molecule has 0 aromatic heterocycles. The summed E-state index contributed by atoms with van der Waals surface area (Å²) in [4.78, 5) is 0. The van der Waals surface area contributed by atoms with E-state index in [2.05, 4.69) is 25.6 Å². The number of ether oxygens (including phenoxy) is 2. The number of benzene rings is 1. The van der Waals surface area contributed by atoms with Crippen LogP contribution in [0, 0.1) is 0 Å². The number of unbranched alkanes of at least 4 members (excludes halogenated alkanes) is 6. The van der Waals surface area contributed by atoms with E-state index in [-0.39, 0.29) is 0 Å². The van der Waals surface area contributed by atoms with Gasteiger partial charge in [0.05, 0.1) is 6.26 Å². The zero-order valence-corrected chi connectivity index (χ0v) is 13.5. The van der Waals surface area contributed by atoms with Crippen molar-refractivity contribution in [2.45, 2.75) is 58.3 Å². The van der Waals surface area contributed by atoms with Crippen LogP contribution in [0.2, 0.25) is 0 Å². The van der Waals surface area contributed by atoms with E-state index in [9.17, 15) is 0 Å². The number of hydrogen-bond donors (Lipinski definition) is 0. The van der Waals surface area contributed by atoms with Gasteiger partial charge in [0.25, 0.3) is 0 Å². The van der Waals surface area contributed by atoms with Gasteiger partial charge >= 0.3 is 0 Å². The van der Waals surface area contributed by atoms with Gasteiger partial charge in [-0.05, 0) is 30.5 Å². The highest BCUT2D eigenvalue weighted by molar-refractivity contribution is 5.27. The van der Waals surface area contributed by atoms with E-state index >= 15 is 0 Å². The Hall–Kier alpha value is -1.44. The highest BCUT2D eigenvalue weighted by Crippen LogP contribution is 2.15. The van der Waals surface area contributed by atoms with Gasteiger partial charge in [0.15, 0.2) is 0 Å². The highest BCUT2D eigenvalue weighted by Gasteiger charge is 1.97. The molecule has 118 valence electrons. The number of aryl methyl sites for hydroxylation is 1.